The summed E-state index contributed by atoms with van der Waals surface area (Å²) in [4.78, 5) is 12.3. The van der Waals surface area contributed by atoms with Gasteiger partial charge in [0.2, 0.25) is 10.0 Å². The second kappa shape index (κ2) is 8.35. The van der Waals surface area contributed by atoms with Crippen LogP contribution in [0.15, 0.2) is 42.5 Å². The Kier molecular flexibility index (Phi) is 6.11. The van der Waals surface area contributed by atoms with E-state index in [-0.39, 0.29) is 10.8 Å². The summed E-state index contributed by atoms with van der Waals surface area (Å²) in [7, 11) is -3.42. The number of hydrogen-bond donors (Lipinski definition) is 1. The van der Waals surface area contributed by atoms with Crippen molar-refractivity contribution in [1.29, 1.82) is 0 Å². The van der Waals surface area contributed by atoms with Crippen LogP contribution in [0.1, 0.15) is 15.9 Å². The van der Waals surface area contributed by atoms with Crippen molar-refractivity contribution in [1.82, 2.24) is 4.31 Å². The van der Waals surface area contributed by atoms with E-state index in [2.05, 4.69) is 5.32 Å². The molecule has 2 aromatic rings. The summed E-state index contributed by atoms with van der Waals surface area (Å²) in [6.45, 7) is 1.49. The van der Waals surface area contributed by atoms with Gasteiger partial charge in [0.15, 0.2) is 0 Å². The second-order valence-corrected chi connectivity index (χ2v) is 8.42. The first-order valence-corrected chi connectivity index (χ1v) is 10.2. The number of morpholine rings is 1. The zero-order chi connectivity index (χ0) is 19.4. The fourth-order valence-corrected chi connectivity index (χ4v) is 4.34. The molecule has 0 spiro atoms. The summed E-state index contributed by atoms with van der Waals surface area (Å²) in [6.07, 6.45) is 0. The number of sulfonamides is 1. The van der Waals surface area contributed by atoms with Crippen LogP contribution in [-0.4, -0.2) is 44.9 Å². The number of ether oxygens (including phenoxy) is 1. The van der Waals surface area contributed by atoms with Crippen LogP contribution in [0.5, 0.6) is 0 Å². The summed E-state index contributed by atoms with van der Waals surface area (Å²) in [6, 6.07) is 10.2. The average Bonchev–Trinajstić information content (AvgIpc) is 2.66. The molecule has 1 aliphatic heterocycles. The Morgan fingerprint density at radius 2 is 1.81 bits per heavy atom. The number of carbonyl (C=O) groups is 1. The topological polar surface area (TPSA) is 75.7 Å². The van der Waals surface area contributed by atoms with Gasteiger partial charge < -0.3 is 10.1 Å². The number of nitrogens with zero attached hydrogens (tertiary/aromatic N) is 1. The van der Waals surface area contributed by atoms with Crippen molar-refractivity contribution in [3.05, 3.63) is 64.4 Å². The molecule has 2 aromatic carbocycles. The molecule has 0 atom stereocenters. The Bertz CT molecular complexity index is 929. The van der Waals surface area contributed by atoms with Crippen LogP contribution >= 0.6 is 11.6 Å². The van der Waals surface area contributed by atoms with Crippen LogP contribution in [0.3, 0.4) is 0 Å². The summed E-state index contributed by atoms with van der Waals surface area (Å²) < 4.78 is 44.6. The summed E-state index contributed by atoms with van der Waals surface area (Å²) in [5, 5.41) is 2.53. The first-order chi connectivity index (χ1) is 12.8. The van der Waals surface area contributed by atoms with Gasteiger partial charge in [-0.15, -0.1) is 0 Å². The van der Waals surface area contributed by atoms with Crippen molar-refractivity contribution in [2.24, 2.45) is 0 Å². The standard InChI is InChI=1S/C18H18ClFN2O4S/c19-16-11-15(5-6-17(16)20)21-18(23)14-3-1-13(2-4-14)12-27(24,25)22-7-9-26-10-8-22/h1-6,11H,7-10,12H2,(H,21,23). The molecule has 1 heterocycles. The van der Waals surface area contributed by atoms with Gasteiger partial charge in [-0.25, -0.2) is 12.8 Å². The molecule has 0 aliphatic carbocycles. The third kappa shape index (κ3) is 5.04. The Morgan fingerprint density at radius 1 is 1.15 bits per heavy atom. The maximum atomic E-state index is 13.2. The van der Waals surface area contributed by atoms with Crippen molar-refractivity contribution < 1.29 is 22.3 Å². The fraction of sp³-hybridized carbons (Fsp3) is 0.278. The number of carbonyl (C=O) groups excluding carboxylic acids is 1. The molecule has 9 heteroatoms. The minimum atomic E-state index is -3.42. The molecule has 0 saturated carbocycles. The van der Waals surface area contributed by atoms with Gasteiger partial charge in [-0.05, 0) is 35.9 Å². The molecule has 1 amide bonds. The highest BCUT2D eigenvalue weighted by Crippen LogP contribution is 2.20. The lowest BCUT2D eigenvalue weighted by atomic mass is 10.1. The van der Waals surface area contributed by atoms with Crippen LogP contribution in [0.4, 0.5) is 10.1 Å². The van der Waals surface area contributed by atoms with Gasteiger partial charge in [0.1, 0.15) is 5.82 Å². The molecular weight excluding hydrogens is 395 g/mol. The maximum Gasteiger partial charge on any atom is 0.255 e. The third-order valence-corrected chi connectivity index (χ3v) is 6.25. The monoisotopic (exact) mass is 412 g/mol. The Balaban J connectivity index is 1.65. The van der Waals surface area contributed by atoms with Crippen molar-refractivity contribution in [3.63, 3.8) is 0 Å². The zero-order valence-corrected chi connectivity index (χ0v) is 15.9. The first-order valence-electron chi connectivity index (χ1n) is 8.26. The van der Waals surface area contributed by atoms with E-state index in [0.29, 0.717) is 43.1 Å². The van der Waals surface area contributed by atoms with E-state index in [9.17, 15) is 17.6 Å². The number of rotatable bonds is 5. The van der Waals surface area contributed by atoms with Crippen LogP contribution < -0.4 is 5.32 Å². The Hall–Kier alpha value is -2.00. The van der Waals surface area contributed by atoms with Crippen LogP contribution in [-0.2, 0) is 20.5 Å². The van der Waals surface area contributed by atoms with Crippen LogP contribution in [0, 0.1) is 5.82 Å². The van der Waals surface area contributed by atoms with Gasteiger partial charge in [0.25, 0.3) is 5.91 Å². The quantitative estimate of drug-likeness (QED) is 0.819. The van der Waals surface area contributed by atoms with E-state index >= 15 is 0 Å². The van der Waals surface area contributed by atoms with E-state index in [1.807, 2.05) is 0 Å². The normalized spacial score (nSPS) is 15.5. The summed E-state index contributed by atoms with van der Waals surface area (Å²) >= 11 is 5.69. The lowest BCUT2D eigenvalue weighted by Gasteiger charge is -2.26. The van der Waals surface area contributed by atoms with Gasteiger partial charge in [0.05, 0.1) is 24.0 Å². The minimum absolute atomic E-state index is 0.0866. The predicted molar refractivity (Wildman–Crippen MR) is 101 cm³/mol. The van der Waals surface area contributed by atoms with Gasteiger partial charge >= 0.3 is 0 Å². The molecule has 144 valence electrons. The molecule has 1 aliphatic rings. The molecule has 27 heavy (non-hydrogen) atoms. The number of amides is 1. The highest BCUT2D eigenvalue weighted by molar-refractivity contribution is 7.88. The number of benzene rings is 2. The maximum absolute atomic E-state index is 13.2. The molecule has 0 aromatic heterocycles. The van der Waals surface area contributed by atoms with Crippen LogP contribution in [0.25, 0.3) is 0 Å². The largest absolute Gasteiger partial charge is 0.379 e. The third-order valence-electron chi connectivity index (χ3n) is 4.11. The van der Waals surface area contributed by atoms with Crippen molar-refractivity contribution >= 4 is 33.2 Å². The number of halogens is 2. The van der Waals surface area contributed by atoms with E-state index < -0.39 is 21.7 Å². The van der Waals surface area contributed by atoms with E-state index in [4.69, 9.17) is 16.3 Å². The van der Waals surface area contributed by atoms with Gasteiger partial charge in [-0.3, -0.25) is 4.79 Å². The molecular formula is C18H18ClFN2O4S. The summed E-state index contributed by atoms with van der Waals surface area (Å²) in [5.74, 6) is -1.11. The van der Waals surface area contributed by atoms with E-state index in [1.54, 1.807) is 24.3 Å². The van der Waals surface area contributed by atoms with Gasteiger partial charge in [-0.1, -0.05) is 23.7 Å². The molecule has 0 bridgehead atoms. The van der Waals surface area contributed by atoms with E-state index in [0.717, 1.165) is 6.07 Å². The SMILES string of the molecule is O=C(Nc1ccc(F)c(Cl)c1)c1ccc(CS(=O)(=O)N2CCOCC2)cc1. The van der Waals surface area contributed by atoms with E-state index in [1.165, 1.54) is 16.4 Å². The molecule has 0 radical (unpaired) electrons. The molecule has 6 nitrogen and oxygen atoms in total. The zero-order valence-electron chi connectivity index (χ0n) is 14.3. The minimum Gasteiger partial charge on any atom is -0.379 e. The molecule has 1 saturated heterocycles. The fourth-order valence-electron chi connectivity index (χ4n) is 2.66. The molecule has 1 fully saturated rings. The average molecular weight is 413 g/mol. The highest BCUT2D eigenvalue weighted by atomic mass is 35.5. The predicted octanol–water partition coefficient (Wildman–Crippen LogP) is 2.89. The molecule has 1 N–H and O–H groups in total. The highest BCUT2D eigenvalue weighted by Gasteiger charge is 2.24. The Morgan fingerprint density at radius 3 is 2.44 bits per heavy atom. The number of hydrogen-bond acceptors (Lipinski definition) is 4. The van der Waals surface area contributed by atoms with Crippen LogP contribution in [0.2, 0.25) is 5.02 Å². The smallest absolute Gasteiger partial charge is 0.255 e. The summed E-state index contributed by atoms with van der Waals surface area (Å²) in [5.41, 5.74) is 1.30. The second-order valence-electron chi connectivity index (χ2n) is 6.05. The number of anilines is 1. The van der Waals surface area contributed by atoms with Crippen molar-refractivity contribution in [3.8, 4) is 0 Å². The first kappa shape index (κ1) is 19.8. The lowest BCUT2D eigenvalue weighted by molar-refractivity contribution is 0.0729. The van der Waals surface area contributed by atoms with Crippen molar-refractivity contribution in [2.75, 3.05) is 31.6 Å². The Labute approximate surface area is 161 Å². The molecule has 0 unspecified atom stereocenters. The van der Waals surface area contributed by atoms with Gasteiger partial charge in [0, 0.05) is 24.3 Å². The van der Waals surface area contributed by atoms with Crippen molar-refractivity contribution in [2.45, 2.75) is 5.75 Å². The van der Waals surface area contributed by atoms with Gasteiger partial charge in [-0.2, -0.15) is 4.31 Å². The lowest BCUT2D eigenvalue weighted by Crippen LogP contribution is -2.41. The molecule has 3 rings (SSSR count). The number of nitrogens with one attached hydrogen (secondary N) is 1.